The molecule has 4 N–H and O–H groups in total. The third-order valence-corrected chi connectivity index (χ3v) is 20.8. The summed E-state index contributed by atoms with van der Waals surface area (Å²) >= 11 is 0. The summed E-state index contributed by atoms with van der Waals surface area (Å²) in [5.41, 5.74) is 0. The number of phosphoric ester groups is 2. The molecule has 18 heteroatoms. The maximum Gasteiger partial charge on any atom is 0.472 e. The zero-order valence-electron chi connectivity index (χ0n) is 72.4. The molecular weight excluding hydrogens is 1480 g/mol. The lowest BCUT2D eigenvalue weighted by Crippen LogP contribution is -2.30. The van der Waals surface area contributed by atoms with Gasteiger partial charge in [-0.3, -0.25) is 32.5 Å². The van der Waals surface area contributed by atoms with Gasteiger partial charge >= 0.3 is 33.6 Å². The fourth-order valence-corrected chi connectivity index (χ4v) is 13.7. The second-order valence-electron chi connectivity index (χ2n) is 30.0. The van der Waals surface area contributed by atoms with Crippen LogP contribution >= 0.6 is 15.6 Å². The molecule has 0 fully saturated rings. The van der Waals surface area contributed by atoms with Crippen LogP contribution in [-0.2, 0) is 55.8 Å². The van der Waals surface area contributed by atoms with Gasteiger partial charge in [-0.15, -0.1) is 0 Å². The van der Waals surface area contributed by atoms with Gasteiger partial charge < -0.3 is 34.2 Å². The molecule has 0 spiro atoms. The van der Waals surface area contributed by atoms with E-state index in [9.17, 15) is 43.5 Å². The van der Waals surface area contributed by atoms with Crippen LogP contribution < -0.4 is 0 Å². The van der Waals surface area contributed by atoms with Crippen molar-refractivity contribution in [3.8, 4) is 0 Å². The molecule has 0 aromatic rings. The Morgan fingerprint density at radius 2 is 0.461 bits per heavy atom. The van der Waals surface area contributed by atoms with Crippen molar-refractivity contribution in [1.82, 2.24) is 0 Å². The van der Waals surface area contributed by atoms with E-state index in [0.717, 1.165) is 173 Å². The quantitative estimate of drug-likeness (QED) is 0.0146. The molecule has 16 nitrogen and oxygen atoms in total. The van der Waals surface area contributed by atoms with Gasteiger partial charge in [0, 0.05) is 19.3 Å². The lowest BCUT2D eigenvalue weighted by molar-refractivity contribution is -0.161. The molecule has 0 radical (unpaired) electrons. The van der Waals surface area contributed by atoms with Crippen LogP contribution in [0.25, 0.3) is 0 Å². The number of hydrogen-bond donors (Lipinski definition) is 4. The summed E-state index contributed by atoms with van der Waals surface area (Å²) in [6, 6.07) is 0. The number of unbranched alkanes of at least 4 members (excludes halogenated alkanes) is 34. The largest absolute Gasteiger partial charge is 0.472 e. The molecule has 0 saturated heterocycles. The topological polar surface area (TPSA) is 231 Å². The van der Waals surface area contributed by atoms with E-state index in [2.05, 4.69) is 191 Å². The van der Waals surface area contributed by atoms with Crippen molar-refractivity contribution >= 4 is 33.6 Å². The maximum absolute atomic E-state index is 13.1. The molecule has 0 amide bonds. The van der Waals surface area contributed by atoms with E-state index >= 15 is 0 Å². The first-order valence-corrected chi connectivity index (χ1v) is 48.4. The highest BCUT2D eigenvalue weighted by atomic mass is 31.2. The first-order valence-electron chi connectivity index (χ1n) is 45.4. The summed E-state index contributed by atoms with van der Waals surface area (Å²) in [6.07, 6.45) is 114. The highest BCUT2D eigenvalue weighted by Gasteiger charge is 2.29. The van der Waals surface area contributed by atoms with E-state index in [1.807, 2.05) is 0 Å². The van der Waals surface area contributed by atoms with Crippen molar-refractivity contribution in [2.24, 2.45) is 0 Å². The number of hydrogen-bond acceptors (Lipinski definition) is 14. The predicted octanol–water partition coefficient (Wildman–Crippen LogP) is 27.9. The molecule has 0 saturated carbocycles. The molecule has 0 aliphatic rings. The van der Waals surface area contributed by atoms with E-state index in [1.54, 1.807) is 0 Å². The summed E-state index contributed by atoms with van der Waals surface area (Å²) in [7, 11) is -9.82. The van der Waals surface area contributed by atoms with E-state index in [-0.39, 0.29) is 19.3 Å². The van der Waals surface area contributed by atoms with Crippen molar-refractivity contribution in [1.29, 1.82) is 0 Å². The first kappa shape index (κ1) is 110. The van der Waals surface area contributed by atoms with E-state index in [0.29, 0.717) is 19.3 Å². The van der Waals surface area contributed by atoms with Gasteiger partial charge in [0.1, 0.15) is 25.4 Å². The van der Waals surface area contributed by atoms with Crippen LogP contribution in [0.5, 0.6) is 0 Å². The zero-order valence-corrected chi connectivity index (χ0v) is 74.2. The summed E-state index contributed by atoms with van der Waals surface area (Å²) in [6.45, 7) is 2.45. The zero-order chi connectivity index (χ0) is 83.6. The Labute approximate surface area is 701 Å². The Balaban J connectivity index is 4.66. The summed E-state index contributed by atoms with van der Waals surface area (Å²) in [4.78, 5) is 59.0. The lowest BCUT2D eigenvalue weighted by Gasteiger charge is -2.21. The summed E-state index contributed by atoms with van der Waals surface area (Å²) in [5.74, 6) is -1.58. The Morgan fingerprint density at radius 1 is 0.252 bits per heavy atom. The van der Waals surface area contributed by atoms with Crippen molar-refractivity contribution in [2.75, 3.05) is 39.6 Å². The second kappa shape index (κ2) is 88.2. The molecule has 0 aromatic carbocycles. The van der Waals surface area contributed by atoms with Gasteiger partial charge in [-0.25, -0.2) is 9.13 Å². The standard InChI is InChI=1S/C97H164O16P2/c1-4-7-10-13-16-19-22-25-28-31-34-37-40-43-44-45-46-49-51-53-56-59-62-65-68-71-74-77-80-83-95(100)107-86-92(98)87-109-114(103,104)110-88-93(99)89-111-115(105,106)112-91-94(113-97(102)85-82-79-76-73-70-67-64-61-58-55-52-48-42-39-36-33-30-27-24-21-18-15-12-9-6-3)90-108-96(101)84-81-78-75-72-69-66-63-60-57-54-50-47-41-38-35-32-29-26-23-20-17-14-11-8-5-2/h7-8,10-11,16-21,25-30,34-39,43-44,47-48,50,52,92-94,98-99H,4-6,9,12-15,22-24,31-33,40-42,45-46,49,51,53-91H2,1-3H3,(H,103,104)(H,105,106)/b10-7-,11-8-,19-16-,20-17-,21-18-,28-25-,29-26-,30-27-,37-34-,38-35-,39-36-,44-43-,50-47-,52-48-. The SMILES string of the molecule is CC/C=C\C/C=C\C/C=C\C/C=C\C/C=C\CCCCCCCCCCCCCCCC(=O)OCC(O)COP(=O)(O)OCC(O)COP(=O)(O)OCC(COC(=O)CCCCCCCCCCC/C=C\C/C=C\C/C=C\C/C=C\C/C=C\CC)OC(=O)CCCCCCCCCCC/C=C\C/C=C\C/C=C\C/C=C\CCCCC. The molecule has 0 rings (SSSR count). The van der Waals surface area contributed by atoms with Crippen molar-refractivity contribution in [3.05, 3.63) is 170 Å². The number of phosphoric acid groups is 2. The van der Waals surface area contributed by atoms with Crippen LogP contribution in [0.15, 0.2) is 170 Å². The average molecular weight is 1650 g/mol. The Bertz CT molecular complexity index is 2770. The maximum atomic E-state index is 13.1. The number of ether oxygens (including phenoxy) is 3. The molecule has 0 aromatic heterocycles. The smallest absolute Gasteiger partial charge is 0.463 e. The van der Waals surface area contributed by atoms with E-state index in [1.165, 1.54) is 135 Å². The number of esters is 3. The number of carbonyl (C=O) groups excluding carboxylic acids is 3. The minimum atomic E-state index is -4.95. The monoisotopic (exact) mass is 1650 g/mol. The van der Waals surface area contributed by atoms with Gasteiger partial charge in [0.05, 0.1) is 26.4 Å². The van der Waals surface area contributed by atoms with Crippen molar-refractivity contribution in [3.63, 3.8) is 0 Å². The van der Waals surface area contributed by atoms with Gasteiger partial charge in [0.2, 0.25) is 0 Å². The number of carbonyl (C=O) groups is 3. The minimum absolute atomic E-state index is 0.0914. The van der Waals surface area contributed by atoms with Crippen molar-refractivity contribution < 1.29 is 75.8 Å². The molecular formula is C97H164O16P2. The number of allylic oxidation sites excluding steroid dienone is 28. The third-order valence-electron chi connectivity index (χ3n) is 18.9. The molecule has 5 atom stereocenters. The minimum Gasteiger partial charge on any atom is -0.463 e. The Kier molecular flexibility index (Phi) is 84.3. The van der Waals surface area contributed by atoms with Gasteiger partial charge in [0.15, 0.2) is 6.10 Å². The Morgan fingerprint density at radius 3 is 0.730 bits per heavy atom. The lowest BCUT2D eigenvalue weighted by atomic mass is 10.0. The molecule has 0 aliphatic carbocycles. The van der Waals surface area contributed by atoms with Crippen LogP contribution in [0.1, 0.15) is 367 Å². The van der Waals surface area contributed by atoms with E-state index < -0.39 is 91.5 Å². The van der Waals surface area contributed by atoms with Crippen LogP contribution in [0, 0.1) is 0 Å². The van der Waals surface area contributed by atoms with Gasteiger partial charge in [-0.1, -0.05) is 364 Å². The molecule has 0 aliphatic heterocycles. The van der Waals surface area contributed by atoms with Crippen LogP contribution in [0.4, 0.5) is 0 Å². The van der Waals surface area contributed by atoms with Gasteiger partial charge in [-0.05, 0) is 154 Å². The highest BCUT2D eigenvalue weighted by Crippen LogP contribution is 2.45. The summed E-state index contributed by atoms with van der Waals surface area (Å²) < 4.78 is 61.5. The second-order valence-corrected chi connectivity index (χ2v) is 32.9. The normalized spacial score (nSPS) is 14.6. The molecule has 0 bridgehead atoms. The fraction of sp³-hybridized carbons (Fsp3) is 0.680. The van der Waals surface area contributed by atoms with Crippen LogP contribution in [-0.4, -0.2) is 95.9 Å². The highest BCUT2D eigenvalue weighted by molar-refractivity contribution is 7.47. The van der Waals surface area contributed by atoms with Crippen LogP contribution in [0.3, 0.4) is 0 Å². The fourth-order valence-electron chi connectivity index (χ4n) is 12.1. The number of rotatable bonds is 85. The van der Waals surface area contributed by atoms with Crippen LogP contribution in [0.2, 0.25) is 0 Å². The van der Waals surface area contributed by atoms with Gasteiger partial charge in [-0.2, -0.15) is 0 Å². The molecule has 658 valence electrons. The first-order chi connectivity index (χ1) is 56.2. The average Bonchev–Trinajstić information content (AvgIpc) is 0.902. The van der Waals surface area contributed by atoms with Crippen molar-refractivity contribution in [2.45, 2.75) is 386 Å². The van der Waals surface area contributed by atoms with Gasteiger partial charge in [0.25, 0.3) is 0 Å². The molecule has 115 heavy (non-hydrogen) atoms. The number of aliphatic hydroxyl groups is 2. The van der Waals surface area contributed by atoms with E-state index in [4.69, 9.17) is 32.3 Å². The molecule has 0 heterocycles. The third kappa shape index (κ3) is 89.5. The summed E-state index contributed by atoms with van der Waals surface area (Å²) in [5, 5.41) is 20.7. The predicted molar refractivity (Wildman–Crippen MR) is 482 cm³/mol. The molecule has 5 unspecified atom stereocenters. The number of aliphatic hydroxyl groups excluding tert-OH is 2. The Hall–Kier alpha value is -5.09.